The maximum atomic E-state index is 12.8. The van der Waals surface area contributed by atoms with Gasteiger partial charge in [-0.05, 0) is 44.1 Å². The van der Waals surface area contributed by atoms with Gasteiger partial charge in [0.15, 0.2) is 0 Å². The summed E-state index contributed by atoms with van der Waals surface area (Å²) in [6, 6.07) is 5.65. The number of rotatable bonds is 4. The first kappa shape index (κ1) is 14.6. The van der Waals surface area contributed by atoms with Gasteiger partial charge in [-0.3, -0.25) is 9.48 Å². The summed E-state index contributed by atoms with van der Waals surface area (Å²) in [6.45, 7) is 2.14. The summed E-state index contributed by atoms with van der Waals surface area (Å²) in [4.78, 5) is 13.8. The molecule has 1 aliphatic rings. The van der Waals surface area contributed by atoms with Crippen molar-refractivity contribution in [2.75, 3.05) is 13.1 Å². The Morgan fingerprint density at radius 3 is 2.90 bits per heavy atom. The van der Waals surface area contributed by atoms with E-state index in [1.807, 2.05) is 24.4 Å². The Bertz CT molecular complexity index is 604. The van der Waals surface area contributed by atoms with Gasteiger partial charge in [-0.15, -0.1) is 11.3 Å². The topological polar surface area (TPSA) is 59.0 Å². The van der Waals surface area contributed by atoms with Crippen LogP contribution >= 0.6 is 22.9 Å². The van der Waals surface area contributed by atoms with E-state index in [4.69, 9.17) is 11.6 Å². The molecular formula is C14H17ClN4OS. The SMILES string of the molecule is O=C(NCc1ccc(Cl)s1)C1(n2cccn2)CCNCC1. The molecule has 0 unspecified atom stereocenters. The predicted octanol–water partition coefficient (Wildman–Crippen LogP) is 1.99. The number of piperidine rings is 1. The number of carbonyl (C=O) groups excluding carboxylic acids is 1. The molecule has 7 heteroatoms. The first-order chi connectivity index (χ1) is 10.2. The van der Waals surface area contributed by atoms with Gasteiger partial charge >= 0.3 is 0 Å². The zero-order valence-electron chi connectivity index (χ0n) is 11.5. The molecule has 1 fully saturated rings. The van der Waals surface area contributed by atoms with Crippen LogP contribution in [0, 0.1) is 0 Å². The average Bonchev–Trinajstić information content (AvgIpc) is 3.17. The van der Waals surface area contributed by atoms with Crippen molar-refractivity contribution in [3.05, 3.63) is 39.8 Å². The van der Waals surface area contributed by atoms with Crippen LogP contribution in [-0.2, 0) is 16.9 Å². The number of nitrogens with one attached hydrogen (secondary N) is 2. The van der Waals surface area contributed by atoms with Crippen molar-refractivity contribution in [3.8, 4) is 0 Å². The summed E-state index contributed by atoms with van der Waals surface area (Å²) >= 11 is 7.41. The third kappa shape index (κ3) is 2.97. The number of halogens is 1. The molecule has 0 aromatic carbocycles. The second-order valence-electron chi connectivity index (χ2n) is 5.12. The van der Waals surface area contributed by atoms with Crippen LogP contribution in [-0.4, -0.2) is 28.8 Å². The molecule has 0 radical (unpaired) electrons. The molecule has 0 aliphatic carbocycles. The van der Waals surface area contributed by atoms with E-state index >= 15 is 0 Å². The Kier molecular flexibility index (Phi) is 4.28. The smallest absolute Gasteiger partial charge is 0.248 e. The van der Waals surface area contributed by atoms with Crippen molar-refractivity contribution < 1.29 is 4.79 Å². The van der Waals surface area contributed by atoms with E-state index < -0.39 is 5.54 Å². The summed E-state index contributed by atoms with van der Waals surface area (Å²) in [5.41, 5.74) is -0.587. The molecule has 2 aromatic rings. The number of hydrogen-bond acceptors (Lipinski definition) is 4. The van der Waals surface area contributed by atoms with Crippen molar-refractivity contribution in [2.45, 2.75) is 24.9 Å². The van der Waals surface area contributed by atoms with E-state index in [0.717, 1.165) is 35.1 Å². The monoisotopic (exact) mass is 324 g/mol. The van der Waals surface area contributed by atoms with Crippen LogP contribution in [0.15, 0.2) is 30.6 Å². The maximum absolute atomic E-state index is 12.8. The van der Waals surface area contributed by atoms with Crippen molar-refractivity contribution in [1.29, 1.82) is 0 Å². The zero-order chi connectivity index (χ0) is 14.7. The number of carbonyl (C=O) groups is 1. The highest BCUT2D eigenvalue weighted by molar-refractivity contribution is 7.16. The number of nitrogens with zero attached hydrogens (tertiary/aromatic N) is 2. The van der Waals surface area contributed by atoms with Gasteiger partial charge < -0.3 is 10.6 Å². The molecule has 5 nitrogen and oxygen atoms in total. The standard InChI is InChI=1S/C14H17ClN4OS/c15-12-3-2-11(21-12)10-17-13(20)14(4-7-16-8-5-14)19-9-1-6-18-19/h1-3,6,9,16H,4-5,7-8,10H2,(H,17,20). The fraction of sp³-hybridized carbons (Fsp3) is 0.429. The van der Waals surface area contributed by atoms with E-state index in [-0.39, 0.29) is 5.91 Å². The minimum atomic E-state index is -0.587. The van der Waals surface area contributed by atoms with Gasteiger partial charge in [0, 0.05) is 17.3 Å². The molecule has 2 aromatic heterocycles. The van der Waals surface area contributed by atoms with Crippen molar-refractivity contribution >= 4 is 28.8 Å². The molecule has 3 heterocycles. The number of thiophene rings is 1. The van der Waals surface area contributed by atoms with E-state index in [1.165, 1.54) is 11.3 Å². The lowest BCUT2D eigenvalue weighted by Crippen LogP contribution is -2.54. The quantitative estimate of drug-likeness (QED) is 0.904. The van der Waals surface area contributed by atoms with Crippen molar-refractivity contribution in [1.82, 2.24) is 20.4 Å². The first-order valence-electron chi connectivity index (χ1n) is 6.94. The number of amides is 1. The highest BCUT2D eigenvalue weighted by Crippen LogP contribution is 2.28. The van der Waals surface area contributed by atoms with Crippen LogP contribution < -0.4 is 10.6 Å². The van der Waals surface area contributed by atoms with Gasteiger partial charge in [-0.1, -0.05) is 11.6 Å². The summed E-state index contributed by atoms with van der Waals surface area (Å²) in [5, 5.41) is 10.6. The first-order valence-corrected chi connectivity index (χ1v) is 8.13. The molecule has 21 heavy (non-hydrogen) atoms. The van der Waals surface area contributed by atoms with Gasteiger partial charge in [-0.25, -0.2) is 0 Å². The Labute approximate surface area is 132 Å². The molecule has 112 valence electrons. The normalized spacial score (nSPS) is 17.6. The lowest BCUT2D eigenvalue weighted by atomic mass is 9.87. The summed E-state index contributed by atoms with van der Waals surface area (Å²) in [7, 11) is 0. The second kappa shape index (κ2) is 6.17. The minimum Gasteiger partial charge on any atom is -0.349 e. The van der Waals surface area contributed by atoms with Gasteiger partial charge in [0.2, 0.25) is 5.91 Å². The Balaban J connectivity index is 1.75. The van der Waals surface area contributed by atoms with Crippen LogP contribution in [0.1, 0.15) is 17.7 Å². The third-order valence-corrected chi connectivity index (χ3v) is 5.08. The lowest BCUT2D eigenvalue weighted by molar-refractivity contribution is -0.132. The predicted molar refractivity (Wildman–Crippen MR) is 83.5 cm³/mol. The molecular weight excluding hydrogens is 308 g/mol. The van der Waals surface area contributed by atoms with Crippen molar-refractivity contribution in [3.63, 3.8) is 0 Å². The average molecular weight is 325 g/mol. The van der Waals surface area contributed by atoms with E-state index in [9.17, 15) is 4.79 Å². The molecule has 0 spiro atoms. The zero-order valence-corrected chi connectivity index (χ0v) is 13.1. The van der Waals surface area contributed by atoms with Crippen LogP contribution in [0.3, 0.4) is 0 Å². The molecule has 1 saturated heterocycles. The molecule has 3 rings (SSSR count). The Morgan fingerprint density at radius 1 is 1.48 bits per heavy atom. The molecule has 0 saturated carbocycles. The highest BCUT2D eigenvalue weighted by atomic mass is 35.5. The van der Waals surface area contributed by atoms with Crippen LogP contribution in [0.2, 0.25) is 4.34 Å². The van der Waals surface area contributed by atoms with Gasteiger partial charge in [0.05, 0.1) is 10.9 Å². The van der Waals surface area contributed by atoms with Crippen LogP contribution in [0.5, 0.6) is 0 Å². The maximum Gasteiger partial charge on any atom is 0.248 e. The van der Waals surface area contributed by atoms with Crippen LogP contribution in [0.4, 0.5) is 0 Å². The second-order valence-corrected chi connectivity index (χ2v) is 6.92. The van der Waals surface area contributed by atoms with Gasteiger partial charge in [0.25, 0.3) is 0 Å². The van der Waals surface area contributed by atoms with Crippen molar-refractivity contribution in [2.24, 2.45) is 0 Å². The Hall–Kier alpha value is -1.37. The molecule has 2 N–H and O–H groups in total. The molecule has 1 aliphatic heterocycles. The van der Waals surface area contributed by atoms with E-state index in [1.54, 1.807) is 10.9 Å². The fourth-order valence-electron chi connectivity index (χ4n) is 2.70. The largest absolute Gasteiger partial charge is 0.349 e. The summed E-state index contributed by atoms with van der Waals surface area (Å²) < 4.78 is 2.54. The molecule has 1 amide bonds. The fourth-order valence-corrected chi connectivity index (χ4v) is 3.73. The third-order valence-electron chi connectivity index (χ3n) is 3.85. The van der Waals surface area contributed by atoms with Gasteiger partial charge in [-0.2, -0.15) is 5.10 Å². The van der Waals surface area contributed by atoms with E-state index in [2.05, 4.69) is 15.7 Å². The van der Waals surface area contributed by atoms with Crippen LogP contribution in [0.25, 0.3) is 0 Å². The number of hydrogen-bond donors (Lipinski definition) is 2. The van der Waals surface area contributed by atoms with E-state index in [0.29, 0.717) is 6.54 Å². The summed E-state index contributed by atoms with van der Waals surface area (Å²) in [5.74, 6) is 0.0252. The molecule has 0 atom stereocenters. The Morgan fingerprint density at radius 2 is 2.29 bits per heavy atom. The molecule has 0 bridgehead atoms. The summed E-state index contributed by atoms with van der Waals surface area (Å²) in [6.07, 6.45) is 5.07. The minimum absolute atomic E-state index is 0.0252. The lowest BCUT2D eigenvalue weighted by Gasteiger charge is -2.36. The number of aromatic nitrogens is 2. The van der Waals surface area contributed by atoms with Gasteiger partial charge in [0.1, 0.15) is 5.54 Å². The highest BCUT2D eigenvalue weighted by Gasteiger charge is 2.41.